The van der Waals surface area contributed by atoms with Crippen molar-refractivity contribution in [2.45, 2.75) is 6.61 Å². The standard InChI is InChI=1S/C24H17Cl3N2O3/c1-31-22-12-16(10-17(13-28)24(30)29-21-5-3-2-4-19(21)26)11-20(27)23(22)32-14-15-6-8-18(25)9-7-15/h2-12H,14H2,1H3,(H,29,30)/b17-10+. The zero-order chi connectivity index (χ0) is 23.1. The lowest BCUT2D eigenvalue weighted by Gasteiger charge is -2.14. The second-order valence-electron chi connectivity index (χ2n) is 6.55. The number of ether oxygens (including phenoxy) is 2. The number of para-hydroxylation sites is 1. The third kappa shape index (κ3) is 5.95. The molecular formula is C24H17Cl3N2O3. The first-order valence-electron chi connectivity index (χ1n) is 9.33. The van der Waals surface area contributed by atoms with Gasteiger partial charge in [-0.2, -0.15) is 5.26 Å². The summed E-state index contributed by atoms with van der Waals surface area (Å²) < 4.78 is 11.2. The van der Waals surface area contributed by atoms with E-state index in [2.05, 4.69) is 5.32 Å². The predicted molar refractivity (Wildman–Crippen MR) is 127 cm³/mol. The summed E-state index contributed by atoms with van der Waals surface area (Å²) in [5.74, 6) is 0.112. The van der Waals surface area contributed by atoms with Gasteiger partial charge in [0, 0.05) is 5.02 Å². The van der Waals surface area contributed by atoms with Crippen molar-refractivity contribution in [2.75, 3.05) is 12.4 Å². The molecule has 1 amide bonds. The van der Waals surface area contributed by atoms with Crippen LogP contribution in [0, 0.1) is 11.3 Å². The molecule has 162 valence electrons. The summed E-state index contributed by atoms with van der Waals surface area (Å²) in [7, 11) is 1.48. The lowest BCUT2D eigenvalue weighted by Crippen LogP contribution is -2.13. The van der Waals surface area contributed by atoms with Crippen molar-refractivity contribution >= 4 is 52.5 Å². The molecule has 0 aromatic heterocycles. The summed E-state index contributed by atoms with van der Waals surface area (Å²) in [6.45, 7) is 0.256. The van der Waals surface area contributed by atoms with Crippen LogP contribution in [0.1, 0.15) is 11.1 Å². The molecule has 0 fully saturated rings. The fraction of sp³-hybridized carbons (Fsp3) is 0.0833. The maximum absolute atomic E-state index is 12.5. The molecule has 0 bridgehead atoms. The quantitative estimate of drug-likeness (QED) is 0.294. The van der Waals surface area contributed by atoms with E-state index in [-0.39, 0.29) is 17.2 Å². The number of rotatable bonds is 7. The van der Waals surface area contributed by atoms with Gasteiger partial charge in [-0.1, -0.05) is 59.1 Å². The smallest absolute Gasteiger partial charge is 0.266 e. The minimum absolute atomic E-state index is 0.127. The van der Waals surface area contributed by atoms with Crippen LogP contribution in [-0.4, -0.2) is 13.0 Å². The average molecular weight is 488 g/mol. The van der Waals surface area contributed by atoms with Gasteiger partial charge in [0.2, 0.25) is 0 Å². The van der Waals surface area contributed by atoms with Gasteiger partial charge in [-0.25, -0.2) is 0 Å². The molecule has 0 atom stereocenters. The largest absolute Gasteiger partial charge is 0.493 e. The third-order valence-corrected chi connectivity index (χ3v) is 5.21. The second kappa shape index (κ2) is 10.9. The van der Waals surface area contributed by atoms with E-state index >= 15 is 0 Å². The molecule has 3 aromatic carbocycles. The first kappa shape index (κ1) is 23.5. The van der Waals surface area contributed by atoms with E-state index in [1.165, 1.54) is 13.2 Å². The molecule has 0 heterocycles. The van der Waals surface area contributed by atoms with Crippen LogP contribution >= 0.6 is 34.8 Å². The number of anilines is 1. The van der Waals surface area contributed by atoms with E-state index in [1.54, 1.807) is 48.5 Å². The number of amides is 1. The highest BCUT2D eigenvalue weighted by atomic mass is 35.5. The lowest BCUT2D eigenvalue weighted by molar-refractivity contribution is -0.112. The summed E-state index contributed by atoms with van der Waals surface area (Å²) in [4.78, 5) is 12.5. The molecule has 0 spiro atoms. The number of nitriles is 1. The molecule has 0 unspecified atom stereocenters. The Morgan fingerprint density at radius 3 is 2.44 bits per heavy atom. The van der Waals surface area contributed by atoms with Gasteiger partial charge in [0.15, 0.2) is 11.5 Å². The van der Waals surface area contributed by atoms with Crippen LogP contribution < -0.4 is 14.8 Å². The molecule has 32 heavy (non-hydrogen) atoms. The minimum atomic E-state index is -0.598. The van der Waals surface area contributed by atoms with Crippen LogP contribution in [0.5, 0.6) is 11.5 Å². The van der Waals surface area contributed by atoms with Crippen LogP contribution in [0.25, 0.3) is 6.08 Å². The van der Waals surface area contributed by atoms with E-state index in [0.717, 1.165) is 5.56 Å². The fourth-order valence-corrected chi connectivity index (χ4v) is 3.35. The Balaban J connectivity index is 1.82. The predicted octanol–water partition coefficient (Wildman–Crippen LogP) is 6.78. The number of halogens is 3. The Kier molecular flexibility index (Phi) is 8.02. The van der Waals surface area contributed by atoms with Crippen molar-refractivity contribution in [1.29, 1.82) is 5.26 Å². The lowest BCUT2D eigenvalue weighted by atomic mass is 10.1. The molecule has 0 aliphatic carbocycles. The number of carbonyl (C=O) groups is 1. The van der Waals surface area contributed by atoms with Crippen LogP contribution in [0.3, 0.4) is 0 Å². The van der Waals surface area contributed by atoms with E-state index in [0.29, 0.717) is 32.8 Å². The van der Waals surface area contributed by atoms with Gasteiger partial charge in [0.25, 0.3) is 5.91 Å². The van der Waals surface area contributed by atoms with Crippen molar-refractivity contribution < 1.29 is 14.3 Å². The Hall–Kier alpha value is -3.17. The van der Waals surface area contributed by atoms with Gasteiger partial charge >= 0.3 is 0 Å². The highest BCUT2D eigenvalue weighted by molar-refractivity contribution is 6.34. The highest BCUT2D eigenvalue weighted by Gasteiger charge is 2.15. The summed E-state index contributed by atoms with van der Waals surface area (Å²) in [6, 6.07) is 19.1. The van der Waals surface area contributed by atoms with E-state index in [1.807, 2.05) is 18.2 Å². The maximum Gasteiger partial charge on any atom is 0.266 e. The molecule has 3 aromatic rings. The topological polar surface area (TPSA) is 71.3 Å². The van der Waals surface area contributed by atoms with Crippen molar-refractivity contribution in [3.05, 3.63) is 92.4 Å². The number of methoxy groups -OCH3 is 1. The molecule has 0 aliphatic rings. The number of nitrogens with one attached hydrogen (secondary N) is 1. The highest BCUT2D eigenvalue weighted by Crippen LogP contribution is 2.37. The number of benzene rings is 3. The number of nitrogens with zero attached hydrogens (tertiary/aromatic N) is 1. The second-order valence-corrected chi connectivity index (χ2v) is 7.80. The van der Waals surface area contributed by atoms with Gasteiger partial charge in [-0.05, 0) is 53.6 Å². The molecule has 8 heteroatoms. The van der Waals surface area contributed by atoms with Crippen LogP contribution in [-0.2, 0) is 11.4 Å². The van der Waals surface area contributed by atoms with Gasteiger partial charge < -0.3 is 14.8 Å². The van der Waals surface area contributed by atoms with Crippen molar-refractivity contribution in [3.63, 3.8) is 0 Å². The Bertz CT molecular complexity index is 1200. The summed E-state index contributed by atoms with van der Waals surface area (Å²) in [6.07, 6.45) is 1.41. The van der Waals surface area contributed by atoms with E-state index in [4.69, 9.17) is 44.3 Å². The molecule has 0 saturated heterocycles. The van der Waals surface area contributed by atoms with E-state index in [9.17, 15) is 10.1 Å². The zero-order valence-corrected chi connectivity index (χ0v) is 19.1. The first-order chi connectivity index (χ1) is 15.4. The summed E-state index contributed by atoms with van der Waals surface area (Å²) in [5, 5.41) is 13.4. The summed E-state index contributed by atoms with van der Waals surface area (Å²) >= 11 is 18.4. The first-order valence-corrected chi connectivity index (χ1v) is 10.5. The van der Waals surface area contributed by atoms with E-state index < -0.39 is 5.91 Å². The molecule has 5 nitrogen and oxygen atoms in total. The van der Waals surface area contributed by atoms with Gasteiger partial charge in [-0.3, -0.25) is 4.79 Å². The van der Waals surface area contributed by atoms with Crippen molar-refractivity contribution in [2.24, 2.45) is 0 Å². The normalized spacial score (nSPS) is 10.9. The molecule has 3 rings (SSSR count). The average Bonchev–Trinajstić information content (AvgIpc) is 2.79. The molecule has 0 aliphatic heterocycles. The summed E-state index contributed by atoms with van der Waals surface area (Å²) in [5.41, 5.74) is 1.68. The Labute approximate surface area is 200 Å². The number of hydrogen-bond acceptors (Lipinski definition) is 4. The monoisotopic (exact) mass is 486 g/mol. The molecule has 1 N–H and O–H groups in total. The van der Waals surface area contributed by atoms with Gasteiger partial charge in [-0.15, -0.1) is 0 Å². The Morgan fingerprint density at radius 1 is 1.06 bits per heavy atom. The van der Waals surface area contributed by atoms with Crippen LogP contribution in [0.15, 0.2) is 66.2 Å². The zero-order valence-electron chi connectivity index (χ0n) is 16.9. The third-order valence-electron chi connectivity index (χ3n) is 4.35. The van der Waals surface area contributed by atoms with Crippen molar-refractivity contribution in [1.82, 2.24) is 0 Å². The SMILES string of the molecule is COc1cc(/C=C(\C#N)C(=O)Nc2ccccc2Cl)cc(Cl)c1OCc1ccc(Cl)cc1. The fourth-order valence-electron chi connectivity index (χ4n) is 2.77. The number of hydrogen-bond donors (Lipinski definition) is 1. The van der Waals surface area contributed by atoms with Gasteiger partial charge in [0.1, 0.15) is 18.2 Å². The minimum Gasteiger partial charge on any atom is -0.493 e. The number of carbonyl (C=O) groups excluding carboxylic acids is 1. The maximum atomic E-state index is 12.5. The molecule has 0 saturated carbocycles. The molecule has 0 radical (unpaired) electrons. The molecular weight excluding hydrogens is 471 g/mol. The Morgan fingerprint density at radius 2 is 1.78 bits per heavy atom. The van der Waals surface area contributed by atoms with Crippen LogP contribution in [0.4, 0.5) is 5.69 Å². The van der Waals surface area contributed by atoms with Gasteiger partial charge in [0.05, 0.1) is 22.8 Å². The van der Waals surface area contributed by atoms with Crippen LogP contribution in [0.2, 0.25) is 15.1 Å². The van der Waals surface area contributed by atoms with Crippen molar-refractivity contribution in [3.8, 4) is 17.6 Å².